The zero-order valence-corrected chi connectivity index (χ0v) is 9.34. The summed E-state index contributed by atoms with van der Waals surface area (Å²) in [5.74, 6) is 0. The van der Waals surface area contributed by atoms with Crippen molar-refractivity contribution in [1.82, 2.24) is 4.98 Å². The summed E-state index contributed by atoms with van der Waals surface area (Å²) in [7, 11) is 0. The molecule has 0 spiro atoms. The summed E-state index contributed by atoms with van der Waals surface area (Å²) in [6, 6.07) is 3.94. The van der Waals surface area contributed by atoms with E-state index in [2.05, 4.69) is 4.98 Å². The van der Waals surface area contributed by atoms with E-state index in [1.165, 1.54) is 6.42 Å². The number of pyridine rings is 1. The van der Waals surface area contributed by atoms with Crippen LogP contribution in [-0.2, 0) is 9.47 Å². The van der Waals surface area contributed by atoms with Crippen LogP contribution in [0.5, 0.6) is 0 Å². The van der Waals surface area contributed by atoms with Crippen LogP contribution in [0.25, 0.3) is 6.08 Å². The molecule has 1 unspecified atom stereocenters. The summed E-state index contributed by atoms with van der Waals surface area (Å²) in [5.41, 5.74) is 1.09. The first kappa shape index (κ1) is 11.3. The fraction of sp³-hybridized carbons (Fsp3) is 0.462. The maximum atomic E-state index is 5.58. The minimum absolute atomic E-state index is 0.00713. The van der Waals surface area contributed by atoms with Crippen LogP contribution in [0.1, 0.15) is 24.8 Å². The van der Waals surface area contributed by atoms with Crippen LogP contribution in [0.15, 0.2) is 30.6 Å². The minimum atomic E-state index is -0.00713. The van der Waals surface area contributed by atoms with Crippen molar-refractivity contribution in [1.29, 1.82) is 0 Å². The molecule has 0 aliphatic carbocycles. The van der Waals surface area contributed by atoms with Gasteiger partial charge >= 0.3 is 0 Å². The van der Waals surface area contributed by atoms with Gasteiger partial charge in [0.2, 0.25) is 0 Å². The van der Waals surface area contributed by atoms with Crippen molar-refractivity contribution in [3.63, 3.8) is 0 Å². The number of ether oxygens (including phenoxy) is 2. The Morgan fingerprint density at radius 2 is 2.50 bits per heavy atom. The number of rotatable bonds is 4. The van der Waals surface area contributed by atoms with E-state index >= 15 is 0 Å². The van der Waals surface area contributed by atoms with Gasteiger partial charge in [-0.25, -0.2) is 0 Å². The Bertz CT molecular complexity index is 318. The highest BCUT2D eigenvalue weighted by Crippen LogP contribution is 2.13. The fourth-order valence-corrected chi connectivity index (χ4v) is 1.66. The number of aromatic nitrogens is 1. The fourth-order valence-electron chi connectivity index (χ4n) is 1.66. The minimum Gasteiger partial charge on any atom is -0.353 e. The van der Waals surface area contributed by atoms with Crippen molar-refractivity contribution in [3.8, 4) is 0 Å². The third-order valence-corrected chi connectivity index (χ3v) is 2.51. The SMILES string of the molecule is C(=C\c1cccnc1)/COC1CCCCO1. The lowest BCUT2D eigenvalue weighted by atomic mass is 10.2. The van der Waals surface area contributed by atoms with Crippen molar-refractivity contribution in [2.45, 2.75) is 25.6 Å². The van der Waals surface area contributed by atoms with Crippen molar-refractivity contribution in [2.24, 2.45) is 0 Å². The summed E-state index contributed by atoms with van der Waals surface area (Å²) in [4.78, 5) is 4.04. The Kier molecular flexibility index (Phi) is 4.52. The van der Waals surface area contributed by atoms with Crippen molar-refractivity contribution in [3.05, 3.63) is 36.2 Å². The molecule has 16 heavy (non-hydrogen) atoms. The number of hydrogen-bond acceptors (Lipinski definition) is 3. The predicted octanol–water partition coefficient (Wildman–Crippen LogP) is 2.64. The zero-order valence-electron chi connectivity index (χ0n) is 9.34. The van der Waals surface area contributed by atoms with Gasteiger partial charge in [0.25, 0.3) is 0 Å². The highest BCUT2D eigenvalue weighted by atomic mass is 16.7. The monoisotopic (exact) mass is 219 g/mol. The second kappa shape index (κ2) is 6.40. The van der Waals surface area contributed by atoms with Gasteiger partial charge in [0.1, 0.15) is 0 Å². The quantitative estimate of drug-likeness (QED) is 0.780. The molecule has 1 aliphatic heterocycles. The maximum absolute atomic E-state index is 5.58. The Balaban J connectivity index is 1.69. The molecule has 3 heteroatoms. The largest absolute Gasteiger partial charge is 0.353 e. The van der Waals surface area contributed by atoms with Crippen LogP contribution >= 0.6 is 0 Å². The molecule has 0 bridgehead atoms. The molecule has 0 saturated carbocycles. The van der Waals surface area contributed by atoms with Gasteiger partial charge < -0.3 is 9.47 Å². The first-order valence-corrected chi connectivity index (χ1v) is 5.75. The average Bonchev–Trinajstić information content (AvgIpc) is 2.37. The van der Waals surface area contributed by atoms with Gasteiger partial charge in [0.05, 0.1) is 6.61 Å². The standard InChI is InChI=1S/C13H17NO2/c1-2-9-15-13(7-1)16-10-4-6-12-5-3-8-14-11-12/h3-6,8,11,13H,1-2,7,9-10H2/b6-4+. The van der Waals surface area contributed by atoms with E-state index in [1.807, 2.05) is 30.5 Å². The second-order valence-corrected chi connectivity index (χ2v) is 3.82. The Morgan fingerprint density at radius 3 is 3.25 bits per heavy atom. The van der Waals surface area contributed by atoms with E-state index in [4.69, 9.17) is 9.47 Å². The predicted molar refractivity (Wildman–Crippen MR) is 62.8 cm³/mol. The molecule has 1 atom stereocenters. The van der Waals surface area contributed by atoms with Crippen molar-refractivity contribution >= 4 is 6.08 Å². The van der Waals surface area contributed by atoms with E-state index in [0.29, 0.717) is 6.61 Å². The van der Waals surface area contributed by atoms with Gasteiger partial charge in [-0.3, -0.25) is 4.98 Å². The van der Waals surface area contributed by atoms with Crippen LogP contribution < -0.4 is 0 Å². The lowest BCUT2D eigenvalue weighted by Crippen LogP contribution is -2.22. The average molecular weight is 219 g/mol. The van der Waals surface area contributed by atoms with E-state index in [0.717, 1.165) is 25.0 Å². The van der Waals surface area contributed by atoms with Gasteiger partial charge in [0, 0.05) is 19.0 Å². The molecule has 0 amide bonds. The number of nitrogens with zero attached hydrogens (tertiary/aromatic N) is 1. The lowest BCUT2D eigenvalue weighted by molar-refractivity contribution is -0.155. The summed E-state index contributed by atoms with van der Waals surface area (Å²) < 4.78 is 11.0. The highest BCUT2D eigenvalue weighted by Gasteiger charge is 2.12. The summed E-state index contributed by atoms with van der Waals surface area (Å²) in [6.45, 7) is 1.43. The van der Waals surface area contributed by atoms with Gasteiger partial charge in [-0.05, 0) is 30.9 Å². The first-order chi connectivity index (χ1) is 7.95. The van der Waals surface area contributed by atoms with Crippen LogP contribution in [0.3, 0.4) is 0 Å². The smallest absolute Gasteiger partial charge is 0.157 e. The van der Waals surface area contributed by atoms with Crippen LogP contribution in [0.4, 0.5) is 0 Å². The molecule has 1 aromatic rings. The van der Waals surface area contributed by atoms with Crippen LogP contribution in [0, 0.1) is 0 Å². The normalized spacial score (nSPS) is 21.4. The van der Waals surface area contributed by atoms with Crippen molar-refractivity contribution < 1.29 is 9.47 Å². The van der Waals surface area contributed by atoms with E-state index < -0.39 is 0 Å². The third-order valence-electron chi connectivity index (χ3n) is 2.51. The molecule has 2 heterocycles. The summed E-state index contributed by atoms with van der Waals surface area (Å²) >= 11 is 0. The molecule has 1 fully saturated rings. The molecule has 86 valence electrons. The van der Waals surface area contributed by atoms with E-state index in [1.54, 1.807) is 6.20 Å². The molecular formula is C13H17NO2. The highest BCUT2D eigenvalue weighted by molar-refractivity contribution is 5.47. The molecule has 2 rings (SSSR count). The zero-order chi connectivity index (χ0) is 11.1. The molecular weight excluding hydrogens is 202 g/mol. The molecule has 0 radical (unpaired) electrons. The van der Waals surface area contributed by atoms with E-state index in [-0.39, 0.29) is 6.29 Å². The van der Waals surface area contributed by atoms with E-state index in [9.17, 15) is 0 Å². The van der Waals surface area contributed by atoms with Gasteiger partial charge in [-0.15, -0.1) is 0 Å². The van der Waals surface area contributed by atoms with Gasteiger partial charge in [-0.1, -0.05) is 18.2 Å². The Labute approximate surface area is 96.1 Å². The Morgan fingerprint density at radius 1 is 1.50 bits per heavy atom. The number of hydrogen-bond donors (Lipinski definition) is 0. The van der Waals surface area contributed by atoms with Crippen LogP contribution in [0.2, 0.25) is 0 Å². The molecule has 1 saturated heterocycles. The van der Waals surface area contributed by atoms with Gasteiger partial charge in [0.15, 0.2) is 6.29 Å². The molecule has 1 aliphatic rings. The lowest BCUT2D eigenvalue weighted by Gasteiger charge is -2.21. The third kappa shape index (κ3) is 3.76. The van der Waals surface area contributed by atoms with Crippen LogP contribution in [-0.4, -0.2) is 24.5 Å². The first-order valence-electron chi connectivity index (χ1n) is 5.75. The van der Waals surface area contributed by atoms with Crippen molar-refractivity contribution in [2.75, 3.05) is 13.2 Å². The molecule has 0 aromatic carbocycles. The topological polar surface area (TPSA) is 31.4 Å². The Hall–Kier alpha value is -1.19. The maximum Gasteiger partial charge on any atom is 0.157 e. The second-order valence-electron chi connectivity index (χ2n) is 3.82. The summed E-state index contributed by atoms with van der Waals surface area (Å²) in [6.07, 6.45) is 11.0. The summed E-state index contributed by atoms with van der Waals surface area (Å²) in [5, 5.41) is 0. The molecule has 3 nitrogen and oxygen atoms in total. The van der Waals surface area contributed by atoms with Gasteiger partial charge in [-0.2, -0.15) is 0 Å². The molecule has 0 N–H and O–H groups in total. The molecule has 1 aromatic heterocycles.